The molecule has 9 nitrogen and oxygen atoms in total. The predicted octanol–water partition coefficient (Wildman–Crippen LogP) is 13.9. The SMILES string of the molecule is CCCCCC/C=C/CCCCCCCCCCCC(=O)OC[C@H](COP(=O)(O)OCC[N+](C)(C)C)OC(=O)CCCCCCCCC/C=C/CCCCCCCC. The molecule has 1 unspecified atom stereocenters. The van der Waals surface area contributed by atoms with Crippen molar-refractivity contribution in [2.24, 2.45) is 0 Å². The second-order valence-corrected chi connectivity index (χ2v) is 18.9. The van der Waals surface area contributed by atoms with E-state index < -0.39 is 26.5 Å². The molecule has 342 valence electrons. The number of rotatable bonds is 44. The summed E-state index contributed by atoms with van der Waals surface area (Å²) in [4.78, 5) is 35.5. The van der Waals surface area contributed by atoms with Crippen LogP contribution in [0.2, 0.25) is 0 Å². The van der Waals surface area contributed by atoms with E-state index in [0.29, 0.717) is 17.4 Å². The summed E-state index contributed by atoms with van der Waals surface area (Å²) in [5.74, 6) is -0.798. The molecule has 0 bridgehead atoms. The van der Waals surface area contributed by atoms with E-state index >= 15 is 0 Å². The molecular formula is C48H93NO8P+. The van der Waals surface area contributed by atoms with Crippen LogP contribution in [0.1, 0.15) is 219 Å². The van der Waals surface area contributed by atoms with E-state index in [1.165, 1.54) is 141 Å². The quantitative estimate of drug-likeness (QED) is 0.0212. The van der Waals surface area contributed by atoms with Crippen LogP contribution >= 0.6 is 7.82 Å². The van der Waals surface area contributed by atoms with Gasteiger partial charge in [-0.2, -0.15) is 0 Å². The molecule has 0 rings (SSSR count). The first-order valence-electron chi connectivity index (χ1n) is 24.1. The maximum atomic E-state index is 12.7. The number of hydrogen-bond acceptors (Lipinski definition) is 7. The molecule has 0 radical (unpaired) electrons. The Morgan fingerprint density at radius 3 is 1.29 bits per heavy atom. The Labute approximate surface area is 358 Å². The minimum atomic E-state index is -4.38. The number of carbonyl (C=O) groups excluding carboxylic acids is 2. The number of nitrogens with zero attached hydrogens (tertiary/aromatic N) is 1. The Balaban J connectivity index is 4.29. The van der Waals surface area contributed by atoms with E-state index in [-0.39, 0.29) is 32.0 Å². The second kappa shape index (κ2) is 40.9. The van der Waals surface area contributed by atoms with Crippen molar-refractivity contribution in [1.29, 1.82) is 0 Å². The van der Waals surface area contributed by atoms with Crippen molar-refractivity contribution < 1.29 is 42.1 Å². The molecule has 0 heterocycles. The van der Waals surface area contributed by atoms with Crippen molar-refractivity contribution in [3.05, 3.63) is 24.3 Å². The fraction of sp³-hybridized carbons (Fsp3) is 0.875. The lowest BCUT2D eigenvalue weighted by Crippen LogP contribution is -2.37. The average molecular weight is 843 g/mol. The van der Waals surface area contributed by atoms with Crippen molar-refractivity contribution in [1.82, 2.24) is 0 Å². The minimum Gasteiger partial charge on any atom is -0.462 e. The third-order valence-corrected chi connectivity index (χ3v) is 11.4. The minimum absolute atomic E-state index is 0.0320. The molecule has 0 saturated heterocycles. The van der Waals surface area contributed by atoms with Crippen molar-refractivity contribution in [2.75, 3.05) is 47.5 Å². The van der Waals surface area contributed by atoms with Gasteiger partial charge in [-0.3, -0.25) is 18.6 Å². The number of quaternary nitrogens is 1. The van der Waals surface area contributed by atoms with Crippen molar-refractivity contribution in [3.8, 4) is 0 Å². The van der Waals surface area contributed by atoms with Crippen LogP contribution in [0.25, 0.3) is 0 Å². The third-order valence-electron chi connectivity index (χ3n) is 10.5. The van der Waals surface area contributed by atoms with Gasteiger partial charge in [-0.05, 0) is 64.2 Å². The number of phosphoric ester groups is 1. The van der Waals surface area contributed by atoms with E-state index in [0.717, 1.165) is 44.9 Å². The Hall–Kier alpha value is -1.51. The second-order valence-electron chi connectivity index (χ2n) is 17.5. The smallest absolute Gasteiger partial charge is 0.462 e. The molecule has 0 saturated carbocycles. The van der Waals surface area contributed by atoms with Gasteiger partial charge in [0.15, 0.2) is 6.10 Å². The summed E-state index contributed by atoms with van der Waals surface area (Å²) in [7, 11) is 1.48. The Kier molecular flexibility index (Phi) is 39.8. The number of allylic oxidation sites excluding steroid dienone is 4. The van der Waals surface area contributed by atoms with E-state index in [2.05, 4.69) is 38.2 Å². The van der Waals surface area contributed by atoms with Gasteiger partial charge in [-0.25, -0.2) is 4.57 Å². The normalized spacial score (nSPS) is 13.7. The van der Waals surface area contributed by atoms with Crippen LogP contribution in [0, 0.1) is 0 Å². The average Bonchev–Trinajstić information content (AvgIpc) is 3.17. The van der Waals surface area contributed by atoms with E-state index in [4.69, 9.17) is 18.5 Å². The zero-order chi connectivity index (χ0) is 42.8. The fourth-order valence-electron chi connectivity index (χ4n) is 6.65. The van der Waals surface area contributed by atoms with Gasteiger partial charge in [-0.15, -0.1) is 0 Å². The Morgan fingerprint density at radius 2 is 0.879 bits per heavy atom. The number of likely N-dealkylation sites (N-methyl/N-ethyl adjacent to an activating group) is 1. The highest BCUT2D eigenvalue weighted by atomic mass is 31.2. The molecule has 0 amide bonds. The number of carbonyl (C=O) groups is 2. The highest BCUT2D eigenvalue weighted by molar-refractivity contribution is 7.47. The van der Waals surface area contributed by atoms with Crippen LogP contribution in [0.5, 0.6) is 0 Å². The van der Waals surface area contributed by atoms with E-state index in [9.17, 15) is 19.0 Å². The first-order valence-corrected chi connectivity index (χ1v) is 25.6. The lowest BCUT2D eigenvalue weighted by atomic mass is 10.1. The highest BCUT2D eigenvalue weighted by Crippen LogP contribution is 2.43. The van der Waals surface area contributed by atoms with Crippen LogP contribution in [0.15, 0.2) is 24.3 Å². The van der Waals surface area contributed by atoms with Crippen LogP contribution in [0.3, 0.4) is 0 Å². The molecule has 0 aliphatic heterocycles. The van der Waals surface area contributed by atoms with Gasteiger partial charge >= 0.3 is 19.8 Å². The maximum absolute atomic E-state index is 12.7. The number of esters is 2. The van der Waals surface area contributed by atoms with Gasteiger partial charge in [0.2, 0.25) is 0 Å². The monoisotopic (exact) mass is 843 g/mol. The molecule has 0 aliphatic rings. The largest absolute Gasteiger partial charge is 0.472 e. The Bertz CT molecular complexity index is 1040. The molecule has 0 aromatic rings. The number of unbranched alkanes of at least 4 members (excludes halogenated alkanes) is 26. The molecule has 0 spiro atoms. The van der Waals surface area contributed by atoms with Crippen molar-refractivity contribution >= 4 is 19.8 Å². The van der Waals surface area contributed by atoms with Crippen molar-refractivity contribution in [3.63, 3.8) is 0 Å². The lowest BCUT2D eigenvalue weighted by molar-refractivity contribution is -0.870. The van der Waals surface area contributed by atoms with Gasteiger partial charge < -0.3 is 18.9 Å². The molecule has 58 heavy (non-hydrogen) atoms. The molecule has 10 heteroatoms. The number of hydrogen-bond donors (Lipinski definition) is 1. The first-order chi connectivity index (χ1) is 28.0. The fourth-order valence-corrected chi connectivity index (χ4v) is 7.39. The topological polar surface area (TPSA) is 108 Å². The summed E-state index contributed by atoms with van der Waals surface area (Å²) in [6, 6.07) is 0. The van der Waals surface area contributed by atoms with Gasteiger partial charge in [0, 0.05) is 12.8 Å². The van der Waals surface area contributed by atoms with Crippen molar-refractivity contribution in [2.45, 2.75) is 225 Å². The first kappa shape index (κ1) is 56.5. The summed E-state index contributed by atoms with van der Waals surface area (Å²) < 4.78 is 34.4. The molecule has 2 atom stereocenters. The molecule has 1 N–H and O–H groups in total. The summed E-state index contributed by atoms with van der Waals surface area (Å²) in [5.41, 5.74) is 0. The summed E-state index contributed by atoms with van der Waals surface area (Å²) in [5, 5.41) is 0. The van der Waals surface area contributed by atoms with Gasteiger partial charge in [-0.1, -0.05) is 167 Å². The molecule has 0 fully saturated rings. The molecular weight excluding hydrogens is 750 g/mol. The molecule has 0 aliphatic carbocycles. The van der Waals surface area contributed by atoms with Gasteiger partial charge in [0.25, 0.3) is 0 Å². The lowest BCUT2D eigenvalue weighted by Gasteiger charge is -2.24. The molecule has 0 aromatic carbocycles. The third kappa shape index (κ3) is 44.1. The summed E-state index contributed by atoms with van der Waals surface area (Å²) >= 11 is 0. The zero-order valence-corrected chi connectivity index (χ0v) is 39.4. The Morgan fingerprint density at radius 1 is 0.517 bits per heavy atom. The summed E-state index contributed by atoms with van der Waals surface area (Å²) in [6.45, 7) is 4.42. The predicted molar refractivity (Wildman–Crippen MR) is 243 cm³/mol. The van der Waals surface area contributed by atoms with Crippen LogP contribution < -0.4 is 0 Å². The number of phosphoric acid groups is 1. The zero-order valence-electron chi connectivity index (χ0n) is 38.5. The van der Waals surface area contributed by atoms with Crippen LogP contribution in [0.4, 0.5) is 0 Å². The van der Waals surface area contributed by atoms with Crippen LogP contribution in [-0.4, -0.2) is 74.9 Å². The molecule has 0 aromatic heterocycles. The van der Waals surface area contributed by atoms with E-state index in [1.54, 1.807) is 0 Å². The highest BCUT2D eigenvalue weighted by Gasteiger charge is 2.27. The standard InChI is InChI=1S/C48H92NO8P/c1-6-8-10-12-14-16-18-20-22-24-26-28-30-32-34-36-38-40-47(50)54-44-46(45-56-58(52,53)55-43-42-49(3,4)5)57-48(51)41-39-37-35-33-31-29-27-25-23-21-19-17-15-13-11-9-7-2/h16,18,21,23,46H,6-15,17,19-20,22,24-45H2,1-5H3/p+1/b18-16+,23-21+/t46-/m1/s1. The maximum Gasteiger partial charge on any atom is 0.472 e. The van der Waals surface area contributed by atoms with E-state index in [1.807, 2.05) is 21.1 Å². The summed E-state index contributed by atoms with van der Waals surface area (Å²) in [6.07, 6.45) is 45.0. The van der Waals surface area contributed by atoms with Gasteiger partial charge in [0.05, 0.1) is 27.7 Å². The van der Waals surface area contributed by atoms with Crippen LogP contribution in [-0.2, 0) is 32.7 Å². The van der Waals surface area contributed by atoms with Gasteiger partial charge in [0.1, 0.15) is 19.8 Å². The number of ether oxygens (including phenoxy) is 2.